The molecule has 1 heterocycles. The van der Waals surface area contributed by atoms with Gasteiger partial charge in [-0.1, -0.05) is 0 Å². The molecule has 1 aromatic rings. The Kier molecular flexibility index (Phi) is 3.13. The van der Waals surface area contributed by atoms with E-state index in [1.165, 1.54) is 11.0 Å². The van der Waals surface area contributed by atoms with E-state index in [0.29, 0.717) is 0 Å². The van der Waals surface area contributed by atoms with E-state index in [4.69, 9.17) is 5.73 Å². The molecule has 82 valence electrons. The number of hydrogen-bond donors (Lipinski definition) is 1. The van der Waals surface area contributed by atoms with Gasteiger partial charge >= 0.3 is 0 Å². The molecule has 2 N–H and O–H groups in total. The molecule has 3 nitrogen and oxygen atoms in total. The second-order valence-corrected chi connectivity index (χ2v) is 4.73. The van der Waals surface area contributed by atoms with Gasteiger partial charge in [0.15, 0.2) is 0 Å². The number of piperazine rings is 1. The number of benzene rings is 1. The third kappa shape index (κ3) is 2.42. The minimum absolute atomic E-state index is 0.831. The molecule has 1 saturated heterocycles. The van der Waals surface area contributed by atoms with Crippen LogP contribution < -0.4 is 15.9 Å². The van der Waals surface area contributed by atoms with Gasteiger partial charge in [0.05, 0.1) is 0 Å². The summed E-state index contributed by atoms with van der Waals surface area (Å²) in [5.41, 5.74) is 7.86. The van der Waals surface area contributed by atoms with Gasteiger partial charge in [0.2, 0.25) is 0 Å². The Balaban J connectivity index is 2.15. The van der Waals surface area contributed by atoms with Crippen LogP contribution in [0.3, 0.4) is 0 Å². The average molecular weight is 223 g/mol. The number of anilines is 2. The lowest BCUT2D eigenvalue weighted by molar-refractivity contribution is 0.313. The van der Waals surface area contributed by atoms with E-state index < -0.39 is 0 Å². The number of nitrogens with zero attached hydrogens (tertiary/aromatic N) is 2. The van der Waals surface area contributed by atoms with Crippen LogP contribution in [0, 0.1) is 0 Å². The van der Waals surface area contributed by atoms with Gasteiger partial charge in [-0.15, -0.1) is 9.24 Å². The maximum atomic E-state index is 5.74. The van der Waals surface area contributed by atoms with Gasteiger partial charge in [-0.05, 0) is 30.6 Å². The average Bonchev–Trinajstić information content (AvgIpc) is 2.20. The number of rotatable bonds is 1. The Hall–Kier alpha value is -0.790. The predicted molar refractivity (Wildman–Crippen MR) is 69.9 cm³/mol. The lowest BCUT2D eigenvalue weighted by Gasteiger charge is -2.34. The number of nitrogen functional groups attached to an aromatic ring is 1. The van der Waals surface area contributed by atoms with Crippen molar-refractivity contribution in [3.63, 3.8) is 0 Å². The SMILES string of the molecule is CN1CCN(c2ccc(N)cc2P)CC1. The van der Waals surface area contributed by atoms with Gasteiger partial charge in [-0.25, -0.2) is 0 Å². The second-order valence-electron chi connectivity index (χ2n) is 4.11. The zero-order chi connectivity index (χ0) is 10.8. The van der Waals surface area contributed by atoms with E-state index in [0.717, 1.165) is 31.9 Å². The Morgan fingerprint density at radius 3 is 2.47 bits per heavy atom. The largest absolute Gasteiger partial charge is 0.399 e. The monoisotopic (exact) mass is 223 g/mol. The molecule has 0 amide bonds. The standard InChI is InChI=1S/C11H18N3P/c1-13-4-6-14(7-5-13)10-3-2-9(12)8-11(10)15/h2-3,8H,4-7,12,15H2,1H3. The van der Waals surface area contributed by atoms with Crippen LogP contribution in [-0.2, 0) is 0 Å². The molecule has 15 heavy (non-hydrogen) atoms. The summed E-state index contributed by atoms with van der Waals surface area (Å²) in [6.45, 7) is 4.46. The summed E-state index contributed by atoms with van der Waals surface area (Å²) >= 11 is 0. The van der Waals surface area contributed by atoms with E-state index in [-0.39, 0.29) is 0 Å². The van der Waals surface area contributed by atoms with E-state index in [1.807, 2.05) is 12.1 Å². The molecule has 0 aliphatic carbocycles. The molecule has 1 aliphatic heterocycles. The van der Waals surface area contributed by atoms with E-state index in [1.54, 1.807) is 0 Å². The molecule has 0 bridgehead atoms. The first-order chi connectivity index (χ1) is 7.16. The van der Waals surface area contributed by atoms with Crippen molar-refractivity contribution >= 4 is 25.9 Å². The molecule has 1 aromatic carbocycles. The smallest absolute Gasteiger partial charge is 0.0441 e. The van der Waals surface area contributed by atoms with Crippen LogP contribution in [0.2, 0.25) is 0 Å². The summed E-state index contributed by atoms with van der Waals surface area (Å²) in [5, 5.41) is 1.19. The Morgan fingerprint density at radius 1 is 1.20 bits per heavy atom. The molecule has 1 aliphatic rings. The molecule has 0 aromatic heterocycles. The maximum absolute atomic E-state index is 5.74. The molecule has 1 unspecified atom stereocenters. The van der Waals surface area contributed by atoms with Crippen molar-refractivity contribution in [2.45, 2.75) is 0 Å². The highest BCUT2D eigenvalue weighted by atomic mass is 31.0. The van der Waals surface area contributed by atoms with E-state index in [2.05, 4.69) is 32.2 Å². The first-order valence-corrected chi connectivity index (χ1v) is 5.83. The van der Waals surface area contributed by atoms with Crippen molar-refractivity contribution in [3.8, 4) is 0 Å². The zero-order valence-corrected chi connectivity index (χ0v) is 10.3. The molecular weight excluding hydrogens is 205 g/mol. The van der Waals surface area contributed by atoms with Crippen molar-refractivity contribution in [2.24, 2.45) is 0 Å². The second kappa shape index (κ2) is 4.38. The van der Waals surface area contributed by atoms with Crippen molar-refractivity contribution in [1.82, 2.24) is 4.90 Å². The molecule has 0 radical (unpaired) electrons. The van der Waals surface area contributed by atoms with Gasteiger partial charge in [0.1, 0.15) is 0 Å². The minimum Gasteiger partial charge on any atom is -0.399 e. The highest BCUT2D eigenvalue weighted by molar-refractivity contribution is 7.28. The topological polar surface area (TPSA) is 32.5 Å². The Bertz CT molecular complexity index is 346. The summed E-state index contributed by atoms with van der Waals surface area (Å²) in [5.74, 6) is 0. The first kappa shape index (κ1) is 10.7. The summed E-state index contributed by atoms with van der Waals surface area (Å²) in [6.07, 6.45) is 0. The third-order valence-electron chi connectivity index (χ3n) is 2.90. The molecule has 1 atom stereocenters. The summed E-state index contributed by atoms with van der Waals surface area (Å²) in [7, 11) is 4.93. The molecular formula is C11H18N3P. The zero-order valence-electron chi connectivity index (χ0n) is 9.11. The predicted octanol–water partition coefficient (Wildman–Crippen LogP) is 0.521. The fraction of sp³-hybridized carbons (Fsp3) is 0.455. The lowest BCUT2D eigenvalue weighted by atomic mass is 10.2. The van der Waals surface area contributed by atoms with Crippen LogP contribution >= 0.6 is 9.24 Å². The molecule has 2 rings (SSSR count). The normalized spacial score (nSPS) is 18.1. The molecule has 0 saturated carbocycles. The summed E-state index contributed by atoms with van der Waals surface area (Å²) in [4.78, 5) is 4.78. The summed E-state index contributed by atoms with van der Waals surface area (Å²) in [6, 6.07) is 6.10. The quantitative estimate of drug-likeness (QED) is 0.556. The van der Waals surface area contributed by atoms with Crippen LogP contribution in [0.4, 0.5) is 11.4 Å². The fourth-order valence-electron chi connectivity index (χ4n) is 1.91. The van der Waals surface area contributed by atoms with Crippen molar-refractivity contribution in [3.05, 3.63) is 18.2 Å². The van der Waals surface area contributed by atoms with Crippen molar-refractivity contribution < 1.29 is 0 Å². The van der Waals surface area contributed by atoms with Crippen molar-refractivity contribution in [1.29, 1.82) is 0 Å². The van der Waals surface area contributed by atoms with E-state index in [9.17, 15) is 0 Å². The lowest BCUT2D eigenvalue weighted by Crippen LogP contribution is -2.45. The van der Waals surface area contributed by atoms with Crippen LogP contribution in [-0.4, -0.2) is 38.1 Å². The van der Waals surface area contributed by atoms with Crippen LogP contribution in [0.1, 0.15) is 0 Å². The van der Waals surface area contributed by atoms with Crippen LogP contribution in [0.15, 0.2) is 18.2 Å². The fourth-order valence-corrected chi connectivity index (χ4v) is 2.38. The Morgan fingerprint density at radius 2 is 1.87 bits per heavy atom. The summed E-state index contributed by atoms with van der Waals surface area (Å²) < 4.78 is 0. The highest BCUT2D eigenvalue weighted by Crippen LogP contribution is 2.18. The van der Waals surface area contributed by atoms with Gasteiger partial charge in [0.25, 0.3) is 0 Å². The van der Waals surface area contributed by atoms with Gasteiger partial charge < -0.3 is 15.5 Å². The molecule has 1 fully saturated rings. The van der Waals surface area contributed by atoms with Gasteiger partial charge in [-0.3, -0.25) is 0 Å². The van der Waals surface area contributed by atoms with Crippen molar-refractivity contribution in [2.75, 3.05) is 43.9 Å². The van der Waals surface area contributed by atoms with Gasteiger partial charge in [-0.2, -0.15) is 0 Å². The number of hydrogen-bond acceptors (Lipinski definition) is 3. The van der Waals surface area contributed by atoms with E-state index >= 15 is 0 Å². The maximum Gasteiger partial charge on any atom is 0.0441 e. The first-order valence-electron chi connectivity index (χ1n) is 5.25. The molecule has 0 spiro atoms. The number of nitrogens with two attached hydrogens (primary N) is 1. The highest BCUT2D eigenvalue weighted by Gasteiger charge is 2.15. The third-order valence-corrected chi connectivity index (χ3v) is 3.36. The van der Waals surface area contributed by atoms with Crippen LogP contribution in [0.5, 0.6) is 0 Å². The molecule has 4 heteroatoms. The minimum atomic E-state index is 0.831. The Labute approximate surface area is 93.4 Å². The van der Waals surface area contributed by atoms with Crippen LogP contribution in [0.25, 0.3) is 0 Å². The van der Waals surface area contributed by atoms with Gasteiger partial charge in [0, 0.05) is 37.6 Å². The number of likely N-dealkylation sites (N-methyl/N-ethyl adjacent to an activating group) is 1.